The molecular formula is C17H27OP. The lowest BCUT2D eigenvalue weighted by atomic mass is 9.91. The van der Waals surface area contributed by atoms with Gasteiger partial charge in [0.05, 0.1) is 0 Å². The fourth-order valence-electron chi connectivity index (χ4n) is 3.17. The molecule has 0 spiro atoms. The smallest absolute Gasteiger partial charge is 0.120 e. The standard InChI is InChI=1S/C17H27OP/c1-17(2,3)19(18,16-12-8-5-9-13-16)14-15-10-6-4-7-11-15/h5,8-9,12-13,15H,4,6-7,10-11,14H2,1-3H3. The van der Waals surface area contributed by atoms with Gasteiger partial charge in [-0.15, -0.1) is 0 Å². The summed E-state index contributed by atoms with van der Waals surface area (Å²) in [6, 6.07) is 10.2. The molecule has 1 atom stereocenters. The lowest BCUT2D eigenvalue weighted by Gasteiger charge is -2.35. The Labute approximate surface area is 118 Å². The molecule has 19 heavy (non-hydrogen) atoms. The molecule has 0 amide bonds. The maximum atomic E-state index is 13.7. The van der Waals surface area contributed by atoms with Gasteiger partial charge in [-0.05, 0) is 18.8 Å². The van der Waals surface area contributed by atoms with Crippen molar-refractivity contribution < 1.29 is 4.57 Å². The van der Waals surface area contributed by atoms with E-state index < -0.39 is 7.14 Å². The minimum atomic E-state index is -2.32. The Hall–Kier alpha value is -0.550. The zero-order valence-corrected chi connectivity index (χ0v) is 13.5. The molecule has 1 unspecified atom stereocenters. The minimum Gasteiger partial charge on any atom is -0.318 e. The Balaban J connectivity index is 2.28. The fraction of sp³-hybridized carbons (Fsp3) is 0.647. The zero-order valence-electron chi connectivity index (χ0n) is 12.6. The lowest BCUT2D eigenvalue weighted by molar-refractivity contribution is 0.383. The highest BCUT2D eigenvalue weighted by atomic mass is 31.2. The predicted octanol–water partition coefficient (Wildman–Crippen LogP) is 5.05. The van der Waals surface area contributed by atoms with Gasteiger partial charge in [0.1, 0.15) is 7.14 Å². The van der Waals surface area contributed by atoms with Crippen LogP contribution in [0.2, 0.25) is 0 Å². The molecule has 0 saturated heterocycles. The van der Waals surface area contributed by atoms with Crippen LogP contribution in [-0.4, -0.2) is 11.3 Å². The molecule has 0 N–H and O–H groups in total. The molecule has 0 bridgehead atoms. The molecular weight excluding hydrogens is 251 g/mol. The average Bonchev–Trinajstić information content (AvgIpc) is 2.39. The summed E-state index contributed by atoms with van der Waals surface area (Å²) in [5, 5.41) is 0.944. The summed E-state index contributed by atoms with van der Waals surface area (Å²) < 4.78 is 13.7. The Bertz CT molecular complexity index is 438. The first kappa shape index (κ1) is 14.9. The number of rotatable bonds is 3. The molecule has 1 fully saturated rings. The Morgan fingerprint density at radius 1 is 1.05 bits per heavy atom. The maximum absolute atomic E-state index is 13.7. The van der Waals surface area contributed by atoms with Crippen molar-refractivity contribution in [2.45, 2.75) is 58.0 Å². The first-order valence-corrected chi connectivity index (χ1v) is 9.47. The molecule has 0 heterocycles. The number of hydrogen-bond acceptors (Lipinski definition) is 1. The normalized spacial score (nSPS) is 21.0. The molecule has 1 aromatic rings. The van der Waals surface area contributed by atoms with E-state index in [1.54, 1.807) is 0 Å². The largest absolute Gasteiger partial charge is 0.318 e. The molecule has 1 aliphatic rings. The minimum absolute atomic E-state index is 0.133. The third kappa shape index (κ3) is 3.31. The quantitative estimate of drug-likeness (QED) is 0.707. The second-order valence-electron chi connectivity index (χ2n) is 6.93. The van der Waals surface area contributed by atoms with Crippen molar-refractivity contribution in [2.24, 2.45) is 5.92 Å². The molecule has 1 saturated carbocycles. The van der Waals surface area contributed by atoms with Crippen LogP contribution in [0.5, 0.6) is 0 Å². The average molecular weight is 278 g/mol. The van der Waals surface area contributed by atoms with Crippen molar-refractivity contribution in [1.82, 2.24) is 0 Å². The molecule has 2 rings (SSSR count). The van der Waals surface area contributed by atoms with Crippen molar-refractivity contribution in [2.75, 3.05) is 6.16 Å². The number of hydrogen-bond donors (Lipinski definition) is 0. The SMILES string of the molecule is CC(C)(C)P(=O)(CC1CCCCC1)c1ccccc1. The van der Waals surface area contributed by atoms with Gasteiger partial charge in [0, 0.05) is 16.6 Å². The van der Waals surface area contributed by atoms with Crippen LogP contribution < -0.4 is 5.30 Å². The highest BCUT2D eigenvalue weighted by molar-refractivity contribution is 7.73. The highest BCUT2D eigenvalue weighted by Gasteiger charge is 2.39. The third-order valence-corrected chi connectivity index (χ3v) is 8.83. The van der Waals surface area contributed by atoms with Gasteiger partial charge in [-0.25, -0.2) is 0 Å². The molecule has 0 radical (unpaired) electrons. The highest BCUT2D eigenvalue weighted by Crippen LogP contribution is 2.58. The summed E-state index contributed by atoms with van der Waals surface area (Å²) in [7, 11) is -2.32. The molecule has 0 aliphatic heterocycles. The lowest BCUT2D eigenvalue weighted by Crippen LogP contribution is -2.28. The monoisotopic (exact) mass is 278 g/mol. The van der Waals surface area contributed by atoms with Crippen LogP contribution in [0, 0.1) is 5.92 Å². The Morgan fingerprint density at radius 2 is 1.63 bits per heavy atom. The predicted molar refractivity (Wildman–Crippen MR) is 84.9 cm³/mol. The van der Waals surface area contributed by atoms with Gasteiger partial charge in [0.2, 0.25) is 0 Å². The molecule has 0 aromatic heterocycles. The summed E-state index contributed by atoms with van der Waals surface area (Å²) in [4.78, 5) is 0. The molecule has 2 heteroatoms. The first-order valence-electron chi connectivity index (χ1n) is 7.58. The summed E-state index contributed by atoms with van der Waals surface area (Å²) >= 11 is 0. The van der Waals surface area contributed by atoms with E-state index in [0.717, 1.165) is 11.5 Å². The third-order valence-electron chi connectivity index (χ3n) is 4.50. The van der Waals surface area contributed by atoms with Crippen molar-refractivity contribution in [3.05, 3.63) is 30.3 Å². The van der Waals surface area contributed by atoms with Crippen LogP contribution in [0.4, 0.5) is 0 Å². The van der Waals surface area contributed by atoms with Crippen LogP contribution in [0.25, 0.3) is 0 Å². The van der Waals surface area contributed by atoms with E-state index in [1.165, 1.54) is 32.1 Å². The van der Waals surface area contributed by atoms with E-state index in [2.05, 4.69) is 32.9 Å². The molecule has 106 valence electrons. The van der Waals surface area contributed by atoms with E-state index in [1.807, 2.05) is 18.2 Å². The van der Waals surface area contributed by atoms with Crippen LogP contribution in [0.15, 0.2) is 30.3 Å². The second-order valence-corrected chi connectivity index (χ2v) is 10.6. The van der Waals surface area contributed by atoms with Gasteiger partial charge < -0.3 is 4.57 Å². The second kappa shape index (κ2) is 5.83. The van der Waals surface area contributed by atoms with Gasteiger partial charge >= 0.3 is 0 Å². The first-order chi connectivity index (χ1) is 8.93. The maximum Gasteiger partial charge on any atom is 0.120 e. The van der Waals surface area contributed by atoms with E-state index >= 15 is 0 Å². The summed E-state index contributed by atoms with van der Waals surface area (Å²) in [5.74, 6) is 0.666. The Morgan fingerprint density at radius 3 is 2.16 bits per heavy atom. The van der Waals surface area contributed by atoms with Gasteiger partial charge in [-0.1, -0.05) is 70.4 Å². The Kier molecular flexibility index (Phi) is 4.56. The molecule has 1 aliphatic carbocycles. The van der Waals surface area contributed by atoms with Crippen LogP contribution in [-0.2, 0) is 4.57 Å². The van der Waals surface area contributed by atoms with E-state index in [4.69, 9.17) is 0 Å². The summed E-state index contributed by atoms with van der Waals surface area (Å²) in [5.41, 5.74) is 0. The van der Waals surface area contributed by atoms with Gasteiger partial charge in [0.15, 0.2) is 0 Å². The zero-order chi connectivity index (χ0) is 13.9. The van der Waals surface area contributed by atoms with E-state index in [-0.39, 0.29) is 5.16 Å². The summed E-state index contributed by atoms with van der Waals surface area (Å²) in [6.07, 6.45) is 7.45. The molecule has 1 aromatic carbocycles. The van der Waals surface area contributed by atoms with Crippen LogP contribution in [0.3, 0.4) is 0 Å². The van der Waals surface area contributed by atoms with Crippen LogP contribution in [0.1, 0.15) is 52.9 Å². The fourth-order valence-corrected chi connectivity index (χ4v) is 6.45. The number of benzene rings is 1. The van der Waals surface area contributed by atoms with Crippen molar-refractivity contribution >= 4 is 12.4 Å². The van der Waals surface area contributed by atoms with E-state index in [0.29, 0.717) is 5.92 Å². The van der Waals surface area contributed by atoms with E-state index in [9.17, 15) is 4.57 Å². The van der Waals surface area contributed by atoms with Gasteiger partial charge in [-0.3, -0.25) is 0 Å². The van der Waals surface area contributed by atoms with Gasteiger partial charge in [-0.2, -0.15) is 0 Å². The van der Waals surface area contributed by atoms with Crippen molar-refractivity contribution in [3.63, 3.8) is 0 Å². The van der Waals surface area contributed by atoms with Crippen LogP contribution >= 0.6 is 7.14 Å². The van der Waals surface area contributed by atoms with Crippen molar-refractivity contribution in [1.29, 1.82) is 0 Å². The van der Waals surface area contributed by atoms with Gasteiger partial charge in [0.25, 0.3) is 0 Å². The summed E-state index contributed by atoms with van der Waals surface area (Å²) in [6.45, 7) is 6.43. The molecule has 1 nitrogen and oxygen atoms in total. The topological polar surface area (TPSA) is 17.1 Å². The van der Waals surface area contributed by atoms with Crippen molar-refractivity contribution in [3.8, 4) is 0 Å².